The highest BCUT2D eigenvalue weighted by Gasteiger charge is 2.38. The largest absolute Gasteiger partial charge is 0.373 e. The molecule has 0 atom stereocenters. The molecule has 3 rings (SSSR count). The van der Waals surface area contributed by atoms with Gasteiger partial charge in [0.25, 0.3) is 0 Å². The van der Waals surface area contributed by atoms with Gasteiger partial charge in [0.2, 0.25) is 0 Å². The maximum Gasteiger partial charge on any atom is 0.0748 e. The lowest BCUT2D eigenvalue weighted by Gasteiger charge is -2.39. The highest BCUT2D eigenvalue weighted by molar-refractivity contribution is 5.86. The molecule has 1 aliphatic rings. The Morgan fingerprint density at radius 1 is 1.15 bits per heavy atom. The van der Waals surface area contributed by atoms with Crippen LogP contribution in [0, 0.1) is 23.7 Å². The molecule has 102 valence electrons. The number of fused-ring (bicyclic) bond motifs is 1. The summed E-state index contributed by atoms with van der Waals surface area (Å²) >= 11 is 0. The van der Waals surface area contributed by atoms with Gasteiger partial charge in [-0.3, -0.25) is 0 Å². The van der Waals surface area contributed by atoms with Crippen molar-refractivity contribution in [1.82, 2.24) is 0 Å². The lowest BCUT2D eigenvalue weighted by Crippen LogP contribution is -2.39. The van der Waals surface area contributed by atoms with E-state index in [2.05, 4.69) is 61.3 Å². The zero-order valence-corrected chi connectivity index (χ0v) is 12.2. The SMILES string of the molecule is Cc1ccc2cc(N(C)CC3(C#N)CCC3)ccc2c1. The minimum Gasteiger partial charge on any atom is -0.373 e. The average Bonchev–Trinajstić information content (AvgIpc) is 2.42. The van der Waals surface area contributed by atoms with E-state index >= 15 is 0 Å². The fraction of sp³-hybridized carbons (Fsp3) is 0.389. The highest BCUT2D eigenvalue weighted by Crippen LogP contribution is 2.41. The average molecular weight is 264 g/mol. The van der Waals surface area contributed by atoms with E-state index in [0.29, 0.717) is 0 Å². The third-order valence-corrected chi connectivity index (χ3v) is 4.51. The number of hydrogen-bond acceptors (Lipinski definition) is 2. The third kappa shape index (κ3) is 2.25. The summed E-state index contributed by atoms with van der Waals surface area (Å²) in [6.45, 7) is 2.95. The van der Waals surface area contributed by atoms with E-state index in [-0.39, 0.29) is 5.41 Å². The second kappa shape index (κ2) is 4.83. The molecular formula is C18H20N2. The van der Waals surface area contributed by atoms with Crippen molar-refractivity contribution < 1.29 is 0 Å². The van der Waals surface area contributed by atoms with E-state index in [1.807, 2.05) is 0 Å². The van der Waals surface area contributed by atoms with Gasteiger partial charge in [0.05, 0.1) is 11.5 Å². The van der Waals surface area contributed by atoms with Crippen LogP contribution < -0.4 is 4.90 Å². The molecule has 0 spiro atoms. The summed E-state index contributed by atoms with van der Waals surface area (Å²) in [5, 5.41) is 11.9. The van der Waals surface area contributed by atoms with Crippen LogP contribution in [0.25, 0.3) is 10.8 Å². The van der Waals surface area contributed by atoms with Gasteiger partial charge in [0.1, 0.15) is 0 Å². The number of aryl methyl sites for hydroxylation is 1. The fourth-order valence-corrected chi connectivity index (χ4v) is 3.04. The third-order valence-electron chi connectivity index (χ3n) is 4.51. The minimum absolute atomic E-state index is 0.114. The predicted octanol–water partition coefficient (Wildman–Crippen LogP) is 4.28. The molecule has 2 nitrogen and oxygen atoms in total. The monoisotopic (exact) mass is 264 g/mol. The molecule has 2 aromatic rings. The van der Waals surface area contributed by atoms with Crippen LogP contribution in [-0.4, -0.2) is 13.6 Å². The van der Waals surface area contributed by atoms with Crippen LogP contribution in [0.15, 0.2) is 36.4 Å². The molecule has 0 radical (unpaired) electrons. The number of nitrogens with zero attached hydrogens (tertiary/aromatic N) is 2. The highest BCUT2D eigenvalue weighted by atomic mass is 15.1. The summed E-state index contributed by atoms with van der Waals surface area (Å²) in [6, 6.07) is 15.6. The van der Waals surface area contributed by atoms with E-state index in [1.165, 1.54) is 28.4 Å². The van der Waals surface area contributed by atoms with Gasteiger partial charge in [-0.25, -0.2) is 0 Å². The molecule has 0 heterocycles. The van der Waals surface area contributed by atoms with Gasteiger partial charge in [-0.05, 0) is 42.7 Å². The second-order valence-electron chi connectivity index (χ2n) is 6.14. The van der Waals surface area contributed by atoms with Crippen LogP contribution >= 0.6 is 0 Å². The molecule has 0 aromatic heterocycles. The first-order valence-electron chi connectivity index (χ1n) is 7.25. The normalized spacial score (nSPS) is 16.4. The molecule has 1 saturated carbocycles. The Morgan fingerprint density at radius 2 is 1.85 bits per heavy atom. The van der Waals surface area contributed by atoms with Crippen molar-refractivity contribution in [3.05, 3.63) is 42.0 Å². The van der Waals surface area contributed by atoms with E-state index in [9.17, 15) is 5.26 Å². The van der Waals surface area contributed by atoms with Gasteiger partial charge in [-0.15, -0.1) is 0 Å². The number of nitriles is 1. The van der Waals surface area contributed by atoms with Crippen molar-refractivity contribution in [2.24, 2.45) is 5.41 Å². The van der Waals surface area contributed by atoms with Crippen molar-refractivity contribution in [2.75, 3.05) is 18.5 Å². The first-order valence-corrected chi connectivity index (χ1v) is 7.25. The number of rotatable bonds is 3. The summed E-state index contributed by atoms with van der Waals surface area (Å²) in [5.74, 6) is 0. The minimum atomic E-state index is -0.114. The Morgan fingerprint density at radius 3 is 2.50 bits per heavy atom. The lowest BCUT2D eigenvalue weighted by molar-refractivity contribution is 0.223. The molecule has 1 fully saturated rings. The summed E-state index contributed by atoms with van der Waals surface area (Å²) < 4.78 is 0. The van der Waals surface area contributed by atoms with Gasteiger partial charge >= 0.3 is 0 Å². The molecule has 20 heavy (non-hydrogen) atoms. The van der Waals surface area contributed by atoms with Gasteiger partial charge in [-0.2, -0.15) is 5.26 Å². The van der Waals surface area contributed by atoms with Crippen LogP contribution in [0.5, 0.6) is 0 Å². The van der Waals surface area contributed by atoms with E-state index in [1.54, 1.807) is 0 Å². The molecule has 1 aliphatic carbocycles. The van der Waals surface area contributed by atoms with Crippen LogP contribution in [0.2, 0.25) is 0 Å². The fourth-order valence-electron chi connectivity index (χ4n) is 3.04. The molecule has 0 bridgehead atoms. The summed E-state index contributed by atoms with van der Waals surface area (Å²) in [5.41, 5.74) is 2.37. The molecule has 0 unspecified atom stereocenters. The van der Waals surface area contributed by atoms with Crippen LogP contribution in [0.3, 0.4) is 0 Å². The molecule has 0 aliphatic heterocycles. The Labute approximate surface area is 120 Å². The smallest absolute Gasteiger partial charge is 0.0748 e. The molecule has 2 aromatic carbocycles. The van der Waals surface area contributed by atoms with Gasteiger partial charge in [0, 0.05) is 19.3 Å². The zero-order valence-electron chi connectivity index (χ0n) is 12.2. The van der Waals surface area contributed by atoms with Crippen molar-refractivity contribution in [2.45, 2.75) is 26.2 Å². The lowest BCUT2D eigenvalue weighted by atomic mass is 9.69. The van der Waals surface area contributed by atoms with E-state index in [0.717, 1.165) is 19.4 Å². The van der Waals surface area contributed by atoms with Gasteiger partial charge in [-0.1, -0.05) is 36.2 Å². The first kappa shape index (κ1) is 13.0. The summed E-state index contributed by atoms with van der Waals surface area (Å²) in [6.07, 6.45) is 3.28. The molecule has 2 heteroatoms. The Kier molecular flexibility index (Phi) is 3.14. The molecule has 0 amide bonds. The zero-order chi connectivity index (χ0) is 14.2. The maximum absolute atomic E-state index is 9.36. The van der Waals surface area contributed by atoms with Crippen molar-refractivity contribution in [3.63, 3.8) is 0 Å². The van der Waals surface area contributed by atoms with Crippen molar-refractivity contribution >= 4 is 16.5 Å². The van der Waals surface area contributed by atoms with Crippen molar-refractivity contribution in [3.8, 4) is 6.07 Å². The first-order chi connectivity index (χ1) is 9.62. The van der Waals surface area contributed by atoms with Gasteiger partial charge in [0.15, 0.2) is 0 Å². The molecular weight excluding hydrogens is 244 g/mol. The number of anilines is 1. The standard InChI is InChI=1S/C18H20N2/c1-14-4-5-16-11-17(7-6-15(16)10-14)20(2)13-18(12-19)8-3-9-18/h4-7,10-11H,3,8-9,13H2,1-2H3. The second-order valence-corrected chi connectivity index (χ2v) is 6.14. The molecule has 0 N–H and O–H groups in total. The summed E-state index contributed by atoms with van der Waals surface area (Å²) in [7, 11) is 2.09. The van der Waals surface area contributed by atoms with E-state index < -0.39 is 0 Å². The van der Waals surface area contributed by atoms with Crippen LogP contribution in [-0.2, 0) is 0 Å². The van der Waals surface area contributed by atoms with Crippen molar-refractivity contribution in [1.29, 1.82) is 5.26 Å². The Balaban J connectivity index is 1.86. The van der Waals surface area contributed by atoms with Crippen LogP contribution in [0.1, 0.15) is 24.8 Å². The quantitative estimate of drug-likeness (QED) is 0.827. The maximum atomic E-state index is 9.36. The topological polar surface area (TPSA) is 27.0 Å². The Bertz CT molecular complexity index is 677. The molecule has 0 saturated heterocycles. The van der Waals surface area contributed by atoms with E-state index in [4.69, 9.17) is 0 Å². The number of benzene rings is 2. The number of hydrogen-bond donors (Lipinski definition) is 0. The Hall–Kier alpha value is -2.01. The van der Waals surface area contributed by atoms with Crippen LogP contribution in [0.4, 0.5) is 5.69 Å². The summed E-state index contributed by atoms with van der Waals surface area (Å²) in [4.78, 5) is 2.22. The predicted molar refractivity (Wildman–Crippen MR) is 83.9 cm³/mol. The van der Waals surface area contributed by atoms with Gasteiger partial charge < -0.3 is 4.90 Å².